The van der Waals surface area contributed by atoms with Crippen molar-refractivity contribution in [2.75, 3.05) is 39.4 Å². The molecule has 1 saturated heterocycles. The molecule has 1 aliphatic heterocycles. The van der Waals surface area contributed by atoms with Crippen molar-refractivity contribution in [1.29, 1.82) is 0 Å². The topological polar surface area (TPSA) is 15.5 Å². The van der Waals surface area contributed by atoms with Gasteiger partial charge < -0.3 is 9.64 Å². The Morgan fingerprint density at radius 2 is 1.75 bits per heavy atom. The zero-order chi connectivity index (χ0) is 11.6. The Labute approximate surface area is 98.7 Å². The van der Waals surface area contributed by atoms with Crippen LogP contribution < -0.4 is 0 Å². The second-order valence-corrected chi connectivity index (χ2v) is 3.75. The summed E-state index contributed by atoms with van der Waals surface area (Å²) in [6.45, 7) is 10.2. The summed E-state index contributed by atoms with van der Waals surface area (Å²) in [6, 6.07) is 0. The summed E-state index contributed by atoms with van der Waals surface area (Å²) in [6.07, 6.45) is 10.5. The highest BCUT2D eigenvalue weighted by Gasteiger charge is 2.08. The lowest BCUT2D eigenvalue weighted by molar-refractivity contribution is -0.544. The molecule has 0 N–H and O–H groups in total. The van der Waals surface area contributed by atoms with Gasteiger partial charge in [-0.25, -0.2) is 4.58 Å². The maximum atomic E-state index is 5.28. The van der Waals surface area contributed by atoms with Gasteiger partial charge in [-0.05, 0) is 26.1 Å². The van der Waals surface area contributed by atoms with E-state index in [1.807, 2.05) is 0 Å². The predicted molar refractivity (Wildman–Crippen MR) is 68.1 cm³/mol. The quantitative estimate of drug-likeness (QED) is 0.518. The molecule has 0 aliphatic carbocycles. The number of morpholine rings is 1. The molecule has 0 radical (unpaired) electrons. The van der Waals surface area contributed by atoms with Crippen molar-refractivity contribution < 1.29 is 9.31 Å². The minimum Gasteiger partial charge on any atom is -0.378 e. The van der Waals surface area contributed by atoms with Gasteiger partial charge in [-0.1, -0.05) is 6.08 Å². The van der Waals surface area contributed by atoms with E-state index in [9.17, 15) is 0 Å². The summed E-state index contributed by atoms with van der Waals surface area (Å²) in [5.74, 6) is 0. The monoisotopic (exact) mass is 223 g/mol. The molecule has 0 atom stereocenters. The molecule has 90 valence electrons. The van der Waals surface area contributed by atoms with Crippen molar-refractivity contribution in [1.82, 2.24) is 4.90 Å². The normalized spacial score (nSPS) is 17.2. The van der Waals surface area contributed by atoms with E-state index in [2.05, 4.69) is 54.0 Å². The highest BCUT2D eigenvalue weighted by molar-refractivity contribution is 5.66. The number of allylic oxidation sites excluding steroid dienone is 3. The zero-order valence-electron chi connectivity index (χ0n) is 10.4. The van der Waals surface area contributed by atoms with E-state index in [4.69, 9.17) is 4.74 Å². The molecule has 1 fully saturated rings. The first-order valence-electron chi connectivity index (χ1n) is 6.11. The summed E-state index contributed by atoms with van der Waals surface area (Å²) < 4.78 is 7.56. The average Bonchev–Trinajstić information content (AvgIpc) is 2.35. The average molecular weight is 223 g/mol. The highest BCUT2D eigenvalue weighted by Crippen LogP contribution is 1.90. The van der Waals surface area contributed by atoms with Crippen molar-refractivity contribution in [3.05, 3.63) is 24.4 Å². The molecule has 0 aromatic carbocycles. The second kappa shape index (κ2) is 8.11. The van der Waals surface area contributed by atoms with Crippen LogP contribution in [-0.4, -0.2) is 55.1 Å². The summed E-state index contributed by atoms with van der Waals surface area (Å²) in [4.78, 5) is 2.26. The number of rotatable bonds is 5. The molecular formula is C13H23N2O+. The van der Waals surface area contributed by atoms with Gasteiger partial charge in [0, 0.05) is 19.2 Å². The van der Waals surface area contributed by atoms with Crippen LogP contribution in [0.3, 0.4) is 0 Å². The van der Waals surface area contributed by atoms with Gasteiger partial charge in [0.05, 0.1) is 0 Å². The number of hydrogen-bond acceptors (Lipinski definition) is 2. The lowest BCUT2D eigenvalue weighted by Crippen LogP contribution is -2.28. The van der Waals surface area contributed by atoms with Gasteiger partial charge >= 0.3 is 0 Å². The Morgan fingerprint density at radius 3 is 2.38 bits per heavy atom. The van der Waals surface area contributed by atoms with Crippen LogP contribution in [0.1, 0.15) is 13.8 Å². The summed E-state index contributed by atoms with van der Waals surface area (Å²) in [7, 11) is 0. The fourth-order valence-electron chi connectivity index (χ4n) is 1.57. The van der Waals surface area contributed by atoms with Crippen molar-refractivity contribution >= 4 is 6.21 Å². The van der Waals surface area contributed by atoms with Crippen LogP contribution in [0.5, 0.6) is 0 Å². The third kappa shape index (κ3) is 5.12. The van der Waals surface area contributed by atoms with Crippen LogP contribution in [0.4, 0.5) is 0 Å². The van der Waals surface area contributed by atoms with Gasteiger partial charge in [0.15, 0.2) is 19.3 Å². The molecular weight excluding hydrogens is 200 g/mol. The Bertz CT molecular complexity index is 257. The molecule has 0 bridgehead atoms. The SMILES string of the molecule is CCN(/C=C/C=C/C=[N+]1CCOCC1)CC. The second-order valence-electron chi connectivity index (χ2n) is 3.75. The standard InChI is InChI=1S/C13H23N2O/c1-3-14(4-2)8-6-5-7-9-15-10-12-16-13-11-15/h5-9H,3-4,10-13H2,1-2H3/q+1. The molecule has 3 heteroatoms. The Hall–Kier alpha value is -1.09. The molecule has 1 heterocycles. The first-order valence-corrected chi connectivity index (χ1v) is 6.11. The van der Waals surface area contributed by atoms with E-state index in [0.29, 0.717) is 0 Å². The summed E-state index contributed by atoms with van der Waals surface area (Å²) in [5, 5.41) is 0. The van der Waals surface area contributed by atoms with Crippen LogP contribution in [0.15, 0.2) is 24.4 Å². The number of hydrogen-bond donors (Lipinski definition) is 0. The van der Waals surface area contributed by atoms with E-state index in [1.54, 1.807) is 0 Å². The van der Waals surface area contributed by atoms with Gasteiger partial charge in [0.25, 0.3) is 0 Å². The van der Waals surface area contributed by atoms with Crippen LogP contribution in [0.2, 0.25) is 0 Å². The van der Waals surface area contributed by atoms with Crippen LogP contribution in [-0.2, 0) is 4.74 Å². The summed E-state index contributed by atoms with van der Waals surface area (Å²) >= 11 is 0. The molecule has 3 nitrogen and oxygen atoms in total. The van der Waals surface area contributed by atoms with Crippen molar-refractivity contribution in [3.8, 4) is 0 Å². The first-order chi connectivity index (χ1) is 7.86. The number of ether oxygens (including phenoxy) is 1. The Kier molecular flexibility index (Phi) is 6.58. The Balaban J connectivity index is 2.30. The van der Waals surface area contributed by atoms with Crippen LogP contribution in [0.25, 0.3) is 0 Å². The van der Waals surface area contributed by atoms with Crippen molar-refractivity contribution in [3.63, 3.8) is 0 Å². The molecule has 0 aromatic heterocycles. The maximum absolute atomic E-state index is 5.28. The van der Waals surface area contributed by atoms with Gasteiger partial charge in [0.2, 0.25) is 0 Å². The fraction of sp³-hybridized carbons (Fsp3) is 0.615. The highest BCUT2D eigenvalue weighted by atomic mass is 16.5. The van der Waals surface area contributed by atoms with Crippen LogP contribution >= 0.6 is 0 Å². The van der Waals surface area contributed by atoms with Crippen LogP contribution in [0, 0.1) is 0 Å². The zero-order valence-corrected chi connectivity index (χ0v) is 10.4. The van der Waals surface area contributed by atoms with Crippen molar-refractivity contribution in [2.24, 2.45) is 0 Å². The molecule has 1 rings (SSSR count). The van der Waals surface area contributed by atoms with E-state index < -0.39 is 0 Å². The van der Waals surface area contributed by atoms with Gasteiger partial charge in [-0.3, -0.25) is 0 Å². The third-order valence-corrected chi connectivity index (χ3v) is 2.67. The largest absolute Gasteiger partial charge is 0.378 e. The fourth-order valence-corrected chi connectivity index (χ4v) is 1.57. The molecule has 0 amide bonds. The minimum absolute atomic E-state index is 0.847. The first kappa shape index (κ1) is 13.0. The third-order valence-electron chi connectivity index (χ3n) is 2.67. The number of nitrogens with zero attached hydrogens (tertiary/aromatic N) is 2. The summed E-state index contributed by atoms with van der Waals surface area (Å²) in [5.41, 5.74) is 0. The molecule has 0 saturated carbocycles. The molecule has 1 aliphatic rings. The van der Waals surface area contributed by atoms with E-state index in [1.165, 1.54) is 0 Å². The minimum atomic E-state index is 0.847. The van der Waals surface area contributed by atoms with E-state index in [0.717, 1.165) is 39.4 Å². The van der Waals surface area contributed by atoms with Gasteiger partial charge in [-0.15, -0.1) is 0 Å². The molecule has 0 unspecified atom stereocenters. The molecule has 0 aromatic rings. The van der Waals surface area contributed by atoms with E-state index >= 15 is 0 Å². The lowest BCUT2D eigenvalue weighted by Gasteiger charge is -2.13. The molecule has 16 heavy (non-hydrogen) atoms. The van der Waals surface area contributed by atoms with E-state index in [-0.39, 0.29) is 0 Å². The smallest absolute Gasteiger partial charge is 0.166 e. The maximum Gasteiger partial charge on any atom is 0.166 e. The van der Waals surface area contributed by atoms with Gasteiger partial charge in [0.1, 0.15) is 13.2 Å². The lowest BCUT2D eigenvalue weighted by atomic mass is 10.4. The molecule has 0 spiro atoms. The van der Waals surface area contributed by atoms with Crippen molar-refractivity contribution in [2.45, 2.75) is 13.8 Å². The van der Waals surface area contributed by atoms with Gasteiger partial charge in [-0.2, -0.15) is 0 Å². The Morgan fingerprint density at radius 1 is 1.06 bits per heavy atom. The predicted octanol–water partition coefficient (Wildman–Crippen LogP) is 1.51.